The van der Waals surface area contributed by atoms with E-state index < -0.39 is 24.7 Å². The Morgan fingerprint density at radius 1 is 1.12 bits per heavy atom. The number of ether oxygens (including phenoxy) is 1. The third-order valence-electron chi connectivity index (χ3n) is 5.99. The number of hydrogen-bond acceptors (Lipinski definition) is 5. The summed E-state index contributed by atoms with van der Waals surface area (Å²) in [5, 5.41) is 2.91. The molecule has 3 aliphatic rings. The van der Waals surface area contributed by atoms with Crippen molar-refractivity contribution in [3.05, 3.63) is 41.0 Å². The summed E-state index contributed by atoms with van der Waals surface area (Å²) in [6.45, 7) is 8.12. The molecular formula is C22H29Cl2N2O5P. The summed E-state index contributed by atoms with van der Waals surface area (Å²) in [5.41, 5.74) is 1.30. The Morgan fingerprint density at radius 2 is 1.75 bits per heavy atom. The molecule has 1 aromatic rings. The number of benzene rings is 1. The Labute approximate surface area is 199 Å². The van der Waals surface area contributed by atoms with E-state index >= 15 is 0 Å². The first-order valence-corrected chi connectivity index (χ1v) is 13.3. The Kier molecular flexibility index (Phi) is 8.24. The van der Waals surface area contributed by atoms with Crippen LogP contribution in [0.25, 0.3) is 5.76 Å². The van der Waals surface area contributed by atoms with Crippen LogP contribution in [0, 0.1) is 5.41 Å². The number of nitrogens with one attached hydrogen (secondary N) is 1. The highest BCUT2D eigenvalue weighted by Crippen LogP contribution is 2.49. The van der Waals surface area contributed by atoms with Gasteiger partial charge >= 0.3 is 7.67 Å². The van der Waals surface area contributed by atoms with Crippen molar-refractivity contribution >= 4 is 48.2 Å². The fourth-order valence-corrected chi connectivity index (χ4v) is 6.51. The van der Waals surface area contributed by atoms with Crippen molar-refractivity contribution in [3.8, 4) is 0 Å². The van der Waals surface area contributed by atoms with Gasteiger partial charge in [-0.3, -0.25) is 14.2 Å². The van der Waals surface area contributed by atoms with E-state index in [2.05, 4.69) is 5.09 Å². The smallest absolute Gasteiger partial charge is 0.343 e. The van der Waals surface area contributed by atoms with E-state index in [9.17, 15) is 14.2 Å². The topological polar surface area (TPSA) is 84.9 Å². The number of alkyl halides is 2. The Morgan fingerprint density at radius 3 is 2.31 bits per heavy atom. The molecule has 1 N–H and O–H groups in total. The summed E-state index contributed by atoms with van der Waals surface area (Å²) in [7, 11) is -2.84. The standard InChI is InChI=1S/C15H14O3.C7H15Cl2N2O2P/c1-8-15(2,3)11-13(17)12(16)9-6-4-5-7-10(9)14(11)18-8;8-2-5-11(6-3-9)14(12)10-4-1-7-13-14/h4-8H,1-3H3;1-7H2,(H,10,12). The maximum absolute atomic E-state index is 12.2. The molecule has 1 fully saturated rings. The molecule has 2 heterocycles. The second kappa shape index (κ2) is 10.4. The Bertz CT molecular complexity index is 949. The molecule has 4 rings (SSSR count). The number of carbonyl (C=O) groups excluding carboxylic acids is 2. The molecule has 1 saturated heterocycles. The number of ketones is 2. The molecule has 32 heavy (non-hydrogen) atoms. The number of rotatable bonds is 5. The van der Waals surface area contributed by atoms with E-state index in [1.54, 1.807) is 16.8 Å². The first-order valence-electron chi connectivity index (χ1n) is 10.6. The molecule has 7 nitrogen and oxygen atoms in total. The van der Waals surface area contributed by atoms with Gasteiger partial charge in [0.15, 0.2) is 0 Å². The molecule has 2 atom stereocenters. The number of Topliss-reactive ketones (excluding diaryl/α,β-unsaturated/α-hetero) is 2. The number of nitrogens with zero attached hydrogens (tertiary/aromatic N) is 1. The number of hydrogen-bond donors (Lipinski definition) is 1. The highest BCUT2D eigenvalue weighted by atomic mass is 35.5. The highest BCUT2D eigenvalue weighted by Gasteiger charge is 2.49. The molecule has 0 radical (unpaired) electrons. The minimum atomic E-state index is -2.84. The van der Waals surface area contributed by atoms with Crippen molar-refractivity contribution in [2.75, 3.05) is 38.0 Å². The molecule has 2 aliphatic heterocycles. The van der Waals surface area contributed by atoms with Crippen molar-refractivity contribution in [1.29, 1.82) is 0 Å². The Hall–Kier alpha value is -1.21. The third-order valence-corrected chi connectivity index (χ3v) is 8.63. The lowest BCUT2D eigenvalue weighted by molar-refractivity contribution is -0.112. The van der Waals surface area contributed by atoms with Crippen molar-refractivity contribution in [2.24, 2.45) is 5.41 Å². The van der Waals surface area contributed by atoms with E-state index in [4.69, 9.17) is 32.5 Å². The molecule has 0 aromatic heterocycles. The molecule has 2 unspecified atom stereocenters. The van der Waals surface area contributed by atoms with Crippen LogP contribution in [-0.4, -0.2) is 60.3 Å². The number of carbonyl (C=O) groups is 2. The largest absolute Gasteiger partial charge is 0.489 e. The SMILES string of the molecule is CC1OC2=C(C(=O)C(=O)c3ccccc32)C1(C)C.O=P1(N(CCCl)CCCl)NCCCO1. The zero-order valence-corrected chi connectivity index (χ0v) is 20.9. The summed E-state index contributed by atoms with van der Waals surface area (Å²) < 4.78 is 25.0. The predicted octanol–water partition coefficient (Wildman–Crippen LogP) is 4.49. The third kappa shape index (κ3) is 4.84. The van der Waals surface area contributed by atoms with Crippen LogP contribution in [0.2, 0.25) is 0 Å². The van der Waals surface area contributed by atoms with Crippen LogP contribution in [0.15, 0.2) is 29.8 Å². The van der Waals surface area contributed by atoms with Crippen LogP contribution in [0.5, 0.6) is 0 Å². The van der Waals surface area contributed by atoms with Gasteiger partial charge < -0.3 is 9.26 Å². The average Bonchev–Trinajstić information content (AvgIpc) is 3.02. The lowest BCUT2D eigenvalue weighted by atomic mass is 9.74. The average molecular weight is 503 g/mol. The summed E-state index contributed by atoms with van der Waals surface area (Å²) in [4.78, 5) is 24.4. The maximum atomic E-state index is 12.2. The molecule has 0 spiro atoms. The number of fused-ring (bicyclic) bond motifs is 2. The van der Waals surface area contributed by atoms with E-state index in [-0.39, 0.29) is 6.10 Å². The quantitative estimate of drug-likeness (QED) is 0.360. The molecule has 1 aromatic carbocycles. The first kappa shape index (κ1) is 25.4. The van der Waals surface area contributed by atoms with Crippen LogP contribution in [0.4, 0.5) is 0 Å². The zero-order valence-electron chi connectivity index (χ0n) is 18.5. The minimum Gasteiger partial charge on any atom is -0.489 e. The molecule has 0 amide bonds. The molecular weight excluding hydrogens is 474 g/mol. The highest BCUT2D eigenvalue weighted by molar-refractivity contribution is 7.54. The number of halogens is 2. The van der Waals surface area contributed by atoms with E-state index in [1.807, 2.05) is 32.9 Å². The van der Waals surface area contributed by atoms with Gasteiger partial charge in [0.1, 0.15) is 11.9 Å². The predicted molar refractivity (Wildman–Crippen MR) is 126 cm³/mol. The first-order chi connectivity index (χ1) is 15.2. The molecule has 10 heteroatoms. The van der Waals surface area contributed by atoms with Crippen molar-refractivity contribution < 1.29 is 23.4 Å². The normalized spacial score (nSPS) is 26.2. The van der Waals surface area contributed by atoms with Gasteiger partial charge in [-0.15, -0.1) is 23.2 Å². The van der Waals surface area contributed by atoms with Gasteiger partial charge in [0.25, 0.3) is 0 Å². The molecule has 0 bridgehead atoms. The van der Waals surface area contributed by atoms with Gasteiger partial charge in [0, 0.05) is 47.9 Å². The lowest BCUT2D eigenvalue weighted by Crippen LogP contribution is -2.35. The fourth-order valence-electron chi connectivity index (χ4n) is 3.87. The van der Waals surface area contributed by atoms with Gasteiger partial charge in [0.2, 0.25) is 11.6 Å². The van der Waals surface area contributed by atoms with Crippen LogP contribution < -0.4 is 5.09 Å². The van der Waals surface area contributed by atoms with Gasteiger partial charge in [-0.2, -0.15) is 0 Å². The van der Waals surface area contributed by atoms with Gasteiger partial charge in [-0.1, -0.05) is 38.1 Å². The maximum Gasteiger partial charge on any atom is 0.343 e. The fraction of sp³-hybridized carbons (Fsp3) is 0.545. The van der Waals surface area contributed by atoms with Crippen molar-refractivity contribution in [1.82, 2.24) is 9.76 Å². The van der Waals surface area contributed by atoms with Crippen LogP contribution in [0.1, 0.15) is 43.1 Å². The second-order valence-electron chi connectivity index (χ2n) is 8.34. The van der Waals surface area contributed by atoms with Gasteiger partial charge in [0.05, 0.1) is 12.2 Å². The second-order valence-corrected chi connectivity index (χ2v) is 11.3. The summed E-state index contributed by atoms with van der Waals surface area (Å²) in [5.74, 6) is 0.596. The molecule has 0 saturated carbocycles. The van der Waals surface area contributed by atoms with E-state index in [0.717, 1.165) is 18.5 Å². The lowest BCUT2D eigenvalue weighted by Gasteiger charge is -2.33. The Balaban J connectivity index is 0.000000188. The van der Waals surface area contributed by atoms with Gasteiger partial charge in [-0.05, 0) is 13.3 Å². The minimum absolute atomic E-state index is 0.106. The van der Waals surface area contributed by atoms with Crippen LogP contribution in [0.3, 0.4) is 0 Å². The van der Waals surface area contributed by atoms with Crippen LogP contribution >= 0.6 is 30.9 Å². The molecule has 1 aliphatic carbocycles. The van der Waals surface area contributed by atoms with Crippen molar-refractivity contribution in [3.63, 3.8) is 0 Å². The van der Waals surface area contributed by atoms with Crippen molar-refractivity contribution in [2.45, 2.75) is 33.3 Å². The van der Waals surface area contributed by atoms with E-state index in [1.165, 1.54) is 0 Å². The zero-order chi connectivity index (χ0) is 23.5. The van der Waals surface area contributed by atoms with Crippen LogP contribution in [-0.2, 0) is 18.6 Å². The monoisotopic (exact) mass is 502 g/mol. The summed E-state index contributed by atoms with van der Waals surface area (Å²) in [6.07, 6.45) is 0.782. The summed E-state index contributed by atoms with van der Waals surface area (Å²) >= 11 is 11.2. The van der Waals surface area contributed by atoms with Gasteiger partial charge in [-0.25, -0.2) is 9.76 Å². The van der Waals surface area contributed by atoms with E-state index in [0.29, 0.717) is 48.4 Å². The molecule has 176 valence electrons. The summed E-state index contributed by atoms with van der Waals surface area (Å²) in [6, 6.07) is 7.13.